The summed E-state index contributed by atoms with van der Waals surface area (Å²) < 4.78 is 0. The molecule has 0 radical (unpaired) electrons. The number of thioether (sulfide) groups is 4. The van der Waals surface area contributed by atoms with Crippen LogP contribution in [0.4, 0.5) is 0 Å². The van der Waals surface area contributed by atoms with Crippen LogP contribution in [0.3, 0.4) is 0 Å². The lowest BCUT2D eigenvalue weighted by Crippen LogP contribution is -2.53. The fourth-order valence-electron chi connectivity index (χ4n) is 5.52. The number of hydrogen-bond acceptors (Lipinski definition) is 8. The molecule has 1 saturated carbocycles. The van der Waals surface area contributed by atoms with Gasteiger partial charge in [-0.25, -0.2) is 15.0 Å². The smallest absolute Gasteiger partial charge is 0.188 e. The zero-order valence-corrected chi connectivity index (χ0v) is 24.1. The van der Waals surface area contributed by atoms with Crippen molar-refractivity contribution >= 4 is 52.2 Å². The van der Waals surface area contributed by atoms with E-state index in [4.69, 9.17) is 15.0 Å². The summed E-state index contributed by atoms with van der Waals surface area (Å²) in [6, 6.07) is 24.4. The van der Waals surface area contributed by atoms with E-state index < -0.39 is 0 Å². The monoisotopic (exact) mass is 550 g/mol. The van der Waals surface area contributed by atoms with Gasteiger partial charge < -0.3 is 5.32 Å². The highest BCUT2D eigenvalue weighted by molar-refractivity contribution is 8.13. The molecule has 2 heterocycles. The minimum Gasteiger partial charge on any atom is -0.358 e. The second kappa shape index (κ2) is 11.7. The number of amidine groups is 1. The number of benzene rings is 2. The Morgan fingerprint density at radius 1 is 0.694 bits per heavy atom. The van der Waals surface area contributed by atoms with Gasteiger partial charge in [0, 0.05) is 5.92 Å². The van der Waals surface area contributed by atoms with Gasteiger partial charge >= 0.3 is 0 Å². The minimum absolute atomic E-state index is 0.181. The third-order valence-electron chi connectivity index (χ3n) is 7.05. The molecule has 36 heavy (non-hydrogen) atoms. The van der Waals surface area contributed by atoms with Crippen molar-refractivity contribution in [3.8, 4) is 0 Å². The van der Waals surface area contributed by atoms with Gasteiger partial charge in [-0.3, -0.25) is 0 Å². The van der Waals surface area contributed by atoms with E-state index in [0.717, 1.165) is 26.1 Å². The van der Waals surface area contributed by atoms with E-state index in [1.165, 1.54) is 11.1 Å². The zero-order valence-electron chi connectivity index (χ0n) is 20.8. The summed E-state index contributed by atoms with van der Waals surface area (Å²) in [5, 5.41) is 7.72. The topological polar surface area (TPSA) is 50.2 Å². The van der Waals surface area contributed by atoms with Gasteiger partial charge in [0.15, 0.2) is 10.3 Å². The van der Waals surface area contributed by atoms with Gasteiger partial charge in [0.2, 0.25) is 0 Å². The molecular formula is C28H30N4S4. The van der Waals surface area contributed by atoms with Gasteiger partial charge in [0.05, 0.1) is 16.8 Å². The molecule has 186 valence electrons. The van der Waals surface area contributed by atoms with Crippen LogP contribution in [0.2, 0.25) is 0 Å². The molecule has 1 aliphatic carbocycles. The molecule has 1 N–H and O–H groups in total. The zero-order chi connectivity index (χ0) is 25.1. The molecule has 3 atom stereocenters. The number of rotatable bonds is 7. The number of nitrogens with zero attached hydrogens (tertiary/aromatic N) is 3. The lowest BCUT2D eigenvalue weighted by Gasteiger charge is -2.55. The SMILES string of the molecule is CSC1=CC([C@H]2[C@H](c3ccccc3)[C@@H](c3cc(SC)nc(SC)n3)[C@H]2c2ccccc2)NC(SC)=N1. The molecule has 8 heteroatoms. The maximum absolute atomic E-state index is 5.09. The van der Waals surface area contributed by atoms with Crippen molar-refractivity contribution in [1.29, 1.82) is 0 Å². The average molecular weight is 551 g/mol. The van der Waals surface area contributed by atoms with Crippen molar-refractivity contribution in [3.05, 3.63) is 94.7 Å². The maximum Gasteiger partial charge on any atom is 0.188 e. The van der Waals surface area contributed by atoms with Crippen molar-refractivity contribution in [1.82, 2.24) is 15.3 Å². The minimum atomic E-state index is 0.181. The number of aliphatic imine (C=N–C) groups is 1. The molecule has 4 nitrogen and oxygen atoms in total. The lowest BCUT2D eigenvalue weighted by molar-refractivity contribution is 0.130. The van der Waals surface area contributed by atoms with Crippen molar-refractivity contribution < 1.29 is 0 Å². The highest BCUT2D eigenvalue weighted by Gasteiger charge is 2.55. The number of nitrogens with one attached hydrogen (secondary N) is 1. The Kier molecular flexibility index (Phi) is 8.35. The fourth-order valence-corrected chi connectivity index (χ4v) is 7.35. The third kappa shape index (κ3) is 5.10. The first-order valence-corrected chi connectivity index (χ1v) is 16.8. The number of aromatic nitrogens is 2. The number of hydrogen-bond donors (Lipinski definition) is 1. The Hall–Kier alpha value is -1.87. The molecule has 1 fully saturated rings. The quantitative estimate of drug-likeness (QED) is 0.191. The van der Waals surface area contributed by atoms with Gasteiger partial charge in [0.1, 0.15) is 5.03 Å². The third-order valence-corrected chi connectivity index (χ3v) is 9.47. The highest BCUT2D eigenvalue weighted by atomic mass is 32.2. The van der Waals surface area contributed by atoms with Crippen LogP contribution in [0.15, 0.2) is 93.0 Å². The van der Waals surface area contributed by atoms with Crippen LogP contribution in [-0.2, 0) is 0 Å². The average Bonchev–Trinajstić information content (AvgIpc) is 2.93. The van der Waals surface area contributed by atoms with Crippen LogP contribution in [0.1, 0.15) is 34.6 Å². The van der Waals surface area contributed by atoms with Crippen LogP contribution in [0.25, 0.3) is 0 Å². The summed E-state index contributed by atoms with van der Waals surface area (Å²) in [6.07, 6.45) is 10.7. The Balaban J connectivity index is 1.67. The van der Waals surface area contributed by atoms with E-state index >= 15 is 0 Å². The van der Waals surface area contributed by atoms with Gasteiger partial charge in [-0.15, -0.1) is 23.5 Å². The summed E-state index contributed by atoms with van der Waals surface area (Å²) in [6.45, 7) is 0. The molecule has 3 aromatic rings. The predicted octanol–water partition coefficient (Wildman–Crippen LogP) is 7.10. The summed E-state index contributed by atoms with van der Waals surface area (Å²) in [5.74, 6) is 1.23. The standard InChI is InChI=1S/C28H30N4S4/c1-33-21-15-19(29-27(31-21)35-3)25-23(17-11-7-5-8-12-17)26(24(25)18-13-9-6-10-14-18)20-16-22(34-2)32-28(30-20)36-4/h5-16,19,23-26H,1-4H3,(H,29,31)/t19?,23-,24-,25-,26+/m0/s1. The Morgan fingerprint density at radius 3 is 1.86 bits per heavy atom. The largest absolute Gasteiger partial charge is 0.358 e. The highest BCUT2D eigenvalue weighted by Crippen LogP contribution is 2.63. The molecule has 5 rings (SSSR count). The van der Waals surface area contributed by atoms with Gasteiger partial charge in [0.25, 0.3) is 0 Å². The van der Waals surface area contributed by atoms with Crippen molar-refractivity contribution in [3.63, 3.8) is 0 Å². The van der Waals surface area contributed by atoms with Crippen LogP contribution < -0.4 is 5.32 Å². The van der Waals surface area contributed by atoms with E-state index in [-0.39, 0.29) is 12.0 Å². The van der Waals surface area contributed by atoms with E-state index in [9.17, 15) is 0 Å². The van der Waals surface area contributed by atoms with Gasteiger partial charge in [-0.1, -0.05) is 84.2 Å². The van der Waals surface area contributed by atoms with Crippen LogP contribution in [0, 0.1) is 5.92 Å². The first-order chi connectivity index (χ1) is 17.7. The summed E-state index contributed by atoms with van der Waals surface area (Å²) in [5.41, 5.74) is 3.87. The Bertz CT molecular complexity index is 1180. The van der Waals surface area contributed by atoms with Crippen molar-refractivity contribution in [2.45, 2.75) is 34.0 Å². The van der Waals surface area contributed by atoms with Gasteiger partial charge in [-0.05, 0) is 66.0 Å². The molecule has 0 bridgehead atoms. The lowest BCUT2D eigenvalue weighted by atomic mass is 9.49. The van der Waals surface area contributed by atoms with Crippen molar-refractivity contribution in [2.24, 2.45) is 10.9 Å². The molecule has 1 aromatic heterocycles. The Labute approximate surface area is 231 Å². The van der Waals surface area contributed by atoms with E-state index in [1.54, 1.807) is 47.0 Å². The molecule has 1 aliphatic heterocycles. The molecule has 1 unspecified atom stereocenters. The van der Waals surface area contributed by atoms with E-state index in [2.05, 4.69) is 103 Å². The van der Waals surface area contributed by atoms with Crippen molar-refractivity contribution in [2.75, 3.05) is 25.0 Å². The van der Waals surface area contributed by atoms with Gasteiger partial charge in [-0.2, -0.15) is 0 Å². The molecule has 0 spiro atoms. The molecule has 0 saturated heterocycles. The molecular weight excluding hydrogens is 521 g/mol. The van der Waals surface area contributed by atoms with E-state index in [0.29, 0.717) is 17.8 Å². The first kappa shape index (κ1) is 25.8. The summed E-state index contributed by atoms with van der Waals surface area (Å²) in [4.78, 5) is 14.6. The fraction of sp³-hybridized carbons (Fsp3) is 0.321. The Morgan fingerprint density at radius 2 is 1.33 bits per heavy atom. The predicted molar refractivity (Wildman–Crippen MR) is 160 cm³/mol. The normalized spacial score (nSPS) is 25.4. The first-order valence-electron chi connectivity index (χ1n) is 11.9. The second-order valence-corrected chi connectivity index (χ2v) is 12.0. The van der Waals surface area contributed by atoms with Crippen LogP contribution in [0.5, 0.6) is 0 Å². The summed E-state index contributed by atoms with van der Waals surface area (Å²) >= 11 is 6.70. The van der Waals surface area contributed by atoms with Crippen LogP contribution >= 0.6 is 47.0 Å². The second-order valence-electron chi connectivity index (χ2n) is 8.80. The summed E-state index contributed by atoms with van der Waals surface area (Å²) in [7, 11) is 0. The van der Waals surface area contributed by atoms with E-state index in [1.807, 2.05) is 0 Å². The molecule has 2 aromatic carbocycles. The maximum atomic E-state index is 5.09. The molecule has 0 amide bonds. The van der Waals surface area contributed by atoms with Crippen LogP contribution in [-0.4, -0.2) is 46.2 Å². The molecule has 2 aliphatic rings.